The van der Waals surface area contributed by atoms with Gasteiger partial charge in [0.25, 0.3) is 10.0 Å². The van der Waals surface area contributed by atoms with E-state index >= 15 is 0 Å². The van der Waals surface area contributed by atoms with Crippen LogP contribution in [0.3, 0.4) is 0 Å². The van der Waals surface area contributed by atoms with E-state index in [1.54, 1.807) is 6.07 Å². The van der Waals surface area contributed by atoms with Crippen LogP contribution in [0.4, 0.5) is 14.5 Å². The van der Waals surface area contributed by atoms with Crippen molar-refractivity contribution in [3.05, 3.63) is 59.7 Å². The van der Waals surface area contributed by atoms with E-state index in [1.165, 1.54) is 18.2 Å². The van der Waals surface area contributed by atoms with Gasteiger partial charge in [0.05, 0.1) is 22.2 Å². The lowest BCUT2D eigenvalue weighted by Gasteiger charge is -2.09. The van der Waals surface area contributed by atoms with Crippen LogP contribution in [-0.2, 0) is 10.0 Å². The van der Waals surface area contributed by atoms with Gasteiger partial charge in [-0.2, -0.15) is 5.26 Å². The molecule has 0 heterocycles. The van der Waals surface area contributed by atoms with Crippen molar-refractivity contribution in [3.8, 4) is 6.07 Å². The highest BCUT2D eigenvalue weighted by molar-refractivity contribution is 7.92. The quantitative estimate of drug-likeness (QED) is 0.946. The Labute approximate surface area is 114 Å². The largest absolute Gasteiger partial charge is 0.277 e. The third-order valence-corrected chi connectivity index (χ3v) is 3.81. The molecule has 2 aromatic rings. The van der Waals surface area contributed by atoms with Gasteiger partial charge in [0.15, 0.2) is 0 Å². The van der Waals surface area contributed by atoms with E-state index in [9.17, 15) is 17.2 Å². The molecular weight excluding hydrogens is 286 g/mol. The highest BCUT2D eigenvalue weighted by Gasteiger charge is 2.17. The van der Waals surface area contributed by atoms with Gasteiger partial charge in [0.1, 0.15) is 11.6 Å². The predicted molar refractivity (Wildman–Crippen MR) is 68.3 cm³/mol. The minimum atomic E-state index is -4.04. The molecule has 2 aromatic carbocycles. The maximum Gasteiger partial charge on any atom is 0.262 e. The fourth-order valence-corrected chi connectivity index (χ4v) is 2.62. The van der Waals surface area contributed by atoms with Crippen molar-refractivity contribution in [2.24, 2.45) is 0 Å². The number of nitriles is 1. The molecule has 0 aliphatic heterocycles. The summed E-state index contributed by atoms with van der Waals surface area (Å²) in [6.07, 6.45) is 0. The second kappa shape index (κ2) is 5.27. The average molecular weight is 294 g/mol. The van der Waals surface area contributed by atoms with Gasteiger partial charge < -0.3 is 0 Å². The number of nitrogens with one attached hydrogen (secondary N) is 1. The van der Waals surface area contributed by atoms with Gasteiger partial charge in [-0.25, -0.2) is 17.2 Å². The summed E-state index contributed by atoms with van der Waals surface area (Å²) in [5.74, 6) is -1.83. The SMILES string of the molecule is N#Cc1cccc(S(=O)(=O)Nc2ccc(F)cc2F)c1. The maximum atomic E-state index is 13.4. The van der Waals surface area contributed by atoms with Crippen LogP contribution in [0.1, 0.15) is 5.56 Å². The Kier molecular flexibility index (Phi) is 3.68. The van der Waals surface area contributed by atoms with Gasteiger partial charge in [-0.3, -0.25) is 4.72 Å². The van der Waals surface area contributed by atoms with Crippen molar-refractivity contribution in [1.82, 2.24) is 0 Å². The lowest BCUT2D eigenvalue weighted by molar-refractivity contribution is 0.583. The summed E-state index contributed by atoms with van der Waals surface area (Å²) >= 11 is 0. The van der Waals surface area contributed by atoms with Crippen molar-refractivity contribution >= 4 is 15.7 Å². The average Bonchev–Trinajstić information content (AvgIpc) is 2.42. The number of rotatable bonds is 3. The molecule has 0 bridgehead atoms. The first-order chi connectivity index (χ1) is 9.42. The fourth-order valence-electron chi connectivity index (χ4n) is 1.51. The molecule has 102 valence electrons. The summed E-state index contributed by atoms with van der Waals surface area (Å²) in [6, 6.07) is 9.56. The Bertz CT molecular complexity index is 798. The van der Waals surface area contributed by atoms with Crippen LogP contribution in [0.5, 0.6) is 0 Å². The first-order valence-electron chi connectivity index (χ1n) is 5.40. The predicted octanol–water partition coefficient (Wildman–Crippen LogP) is 2.64. The molecule has 0 atom stereocenters. The van der Waals surface area contributed by atoms with Gasteiger partial charge in [0, 0.05) is 6.07 Å². The summed E-state index contributed by atoms with van der Waals surface area (Å²) in [5, 5.41) is 8.73. The highest BCUT2D eigenvalue weighted by atomic mass is 32.2. The van der Waals surface area contributed by atoms with E-state index in [4.69, 9.17) is 5.26 Å². The molecule has 0 saturated carbocycles. The van der Waals surface area contributed by atoms with Crippen LogP contribution in [0, 0.1) is 23.0 Å². The summed E-state index contributed by atoms with van der Waals surface area (Å²) < 4.78 is 52.2. The topological polar surface area (TPSA) is 70.0 Å². The number of nitrogens with zero attached hydrogens (tertiary/aromatic N) is 1. The molecule has 0 spiro atoms. The molecule has 1 N–H and O–H groups in total. The number of hydrogen-bond acceptors (Lipinski definition) is 3. The zero-order valence-electron chi connectivity index (χ0n) is 9.97. The van der Waals surface area contributed by atoms with Crippen LogP contribution in [0.25, 0.3) is 0 Å². The molecule has 4 nitrogen and oxygen atoms in total. The van der Waals surface area contributed by atoms with E-state index in [0.717, 1.165) is 18.2 Å². The molecule has 7 heteroatoms. The first kappa shape index (κ1) is 14.0. The van der Waals surface area contributed by atoms with Gasteiger partial charge in [0.2, 0.25) is 0 Å². The monoisotopic (exact) mass is 294 g/mol. The fraction of sp³-hybridized carbons (Fsp3) is 0. The Morgan fingerprint density at radius 2 is 1.85 bits per heavy atom. The highest BCUT2D eigenvalue weighted by Crippen LogP contribution is 2.20. The molecule has 2 rings (SSSR count). The molecular formula is C13H8F2N2O2S. The molecule has 0 saturated heterocycles. The van der Waals surface area contributed by atoms with Gasteiger partial charge >= 0.3 is 0 Å². The van der Waals surface area contributed by atoms with Crippen molar-refractivity contribution in [1.29, 1.82) is 5.26 Å². The van der Waals surface area contributed by atoms with Crippen molar-refractivity contribution in [3.63, 3.8) is 0 Å². The molecule has 0 unspecified atom stereocenters. The van der Waals surface area contributed by atoms with E-state index < -0.39 is 21.7 Å². The lowest BCUT2D eigenvalue weighted by Crippen LogP contribution is -2.14. The van der Waals surface area contributed by atoms with E-state index in [0.29, 0.717) is 6.07 Å². The van der Waals surface area contributed by atoms with Crippen molar-refractivity contribution < 1.29 is 17.2 Å². The molecule has 0 aliphatic carbocycles. The molecule has 0 radical (unpaired) electrons. The Hall–Kier alpha value is -2.46. The minimum absolute atomic E-state index is 0.160. The summed E-state index contributed by atoms with van der Waals surface area (Å²) in [4.78, 5) is -0.180. The van der Waals surface area contributed by atoms with Crippen LogP contribution in [-0.4, -0.2) is 8.42 Å². The van der Waals surface area contributed by atoms with E-state index in [1.807, 2.05) is 4.72 Å². The number of sulfonamides is 1. The second-order valence-corrected chi connectivity index (χ2v) is 5.55. The number of anilines is 1. The second-order valence-electron chi connectivity index (χ2n) is 3.87. The first-order valence-corrected chi connectivity index (χ1v) is 6.89. The van der Waals surface area contributed by atoms with Crippen LogP contribution in [0.15, 0.2) is 47.4 Å². The Morgan fingerprint density at radius 3 is 2.50 bits per heavy atom. The van der Waals surface area contributed by atoms with Gasteiger partial charge in [-0.05, 0) is 30.3 Å². The number of halogens is 2. The number of hydrogen-bond donors (Lipinski definition) is 1. The van der Waals surface area contributed by atoms with Crippen LogP contribution >= 0.6 is 0 Å². The third-order valence-electron chi connectivity index (χ3n) is 2.45. The minimum Gasteiger partial charge on any atom is -0.277 e. The zero-order valence-corrected chi connectivity index (χ0v) is 10.8. The van der Waals surface area contributed by atoms with E-state index in [2.05, 4.69) is 0 Å². The molecule has 0 amide bonds. The maximum absolute atomic E-state index is 13.4. The smallest absolute Gasteiger partial charge is 0.262 e. The molecule has 0 aliphatic rings. The molecule has 20 heavy (non-hydrogen) atoms. The standard InChI is InChI=1S/C13H8F2N2O2S/c14-10-4-5-13(12(15)7-10)17-20(18,19)11-3-1-2-9(6-11)8-16/h1-7,17H. The summed E-state index contributed by atoms with van der Waals surface area (Å²) in [6.45, 7) is 0. The van der Waals surface area contributed by atoms with Gasteiger partial charge in [-0.1, -0.05) is 6.07 Å². The lowest BCUT2D eigenvalue weighted by atomic mass is 10.2. The van der Waals surface area contributed by atoms with E-state index in [-0.39, 0.29) is 16.1 Å². The van der Waals surface area contributed by atoms with Gasteiger partial charge in [-0.15, -0.1) is 0 Å². The van der Waals surface area contributed by atoms with Crippen molar-refractivity contribution in [2.75, 3.05) is 4.72 Å². The summed E-state index contributed by atoms with van der Waals surface area (Å²) in [7, 11) is -4.04. The normalized spacial score (nSPS) is 10.8. The molecule has 0 aromatic heterocycles. The van der Waals surface area contributed by atoms with Crippen LogP contribution < -0.4 is 4.72 Å². The zero-order chi connectivity index (χ0) is 14.8. The van der Waals surface area contributed by atoms with Crippen LogP contribution in [0.2, 0.25) is 0 Å². The molecule has 0 fully saturated rings. The summed E-state index contributed by atoms with van der Waals surface area (Å²) in [5.41, 5.74) is -0.207. The Morgan fingerprint density at radius 1 is 1.10 bits per heavy atom. The van der Waals surface area contributed by atoms with Crippen molar-refractivity contribution in [2.45, 2.75) is 4.90 Å². The Balaban J connectivity index is 2.38. The third kappa shape index (κ3) is 2.92. The number of benzene rings is 2.